The van der Waals surface area contributed by atoms with Crippen molar-refractivity contribution in [3.63, 3.8) is 0 Å². The van der Waals surface area contributed by atoms with Crippen molar-refractivity contribution in [2.75, 3.05) is 12.4 Å². The van der Waals surface area contributed by atoms with Crippen molar-refractivity contribution in [3.8, 4) is 23.1 Å². The maximum atomic E-state index is 12.4. The zero-order chi connectivity index (χ0) is 20.2. The van der Waals surface area contributed by atoms with E-state index in [0.29, 0.717) is 33.2 Å². The van der Waals surface area contributed by atoms with Crippen LogP contribution in [0, 0.1) is 11.3 Å². The third kappa shape index (κ3) is 3.74. The summed E-state index contributed by atoms with van der Waals surface area (Å²) in [7, 11) is 1.58. The molecule has 0 unspecified atom stereocenters. The number of fused-ring (bicyclic) bond motifs is 1. The number of hydrogen-bond donors (Lipinski definition) is 1. The van der Waals surface area contributed by atoms with Gasteiger partial charge < -0.3 is 14.5 Å². The average molecular weight is 401 g/mol. The fraction of sp³-hybridized carbons (Fsp3) is 0.0455. The monoisotopic (exact) mass is 401 g/mol. The van der Waals surface area contributed by atoms with E-state index in [2.05, 4.69) is 16.4 Å². The molecule has 29 heavy (non-hydrogen) atoms. The van der Waals surface area contributed by atoms with Crippen LogP contribution in [0.1, 0.15) is 5.01 Å². The van der Waals surface area contributed by atoms with Crippen molar-refractivity contribution in [3.05, 3.63) is 81.6 Å². The number of ether oxygens (including phenoxy) is 1. The summed E-state index contributed by atoms with van der Waals surface area (Å²) in [6, 6.07) is 18.6. The highest BCUT2D eigenvalue weighted by Crippen LogP contribution is 2.28. The molecular formula is C22H15N3O3S. The fourth-order valence-corrected chi connectivity index (χ4v) is 3.60. The van der Waals surface area contributed by atoms with Crippen LogP contribution in [-0.2, 0) is 0 Å². The van der Waals surface area contributed by atoms with Crippen molar-refractivity contribution in [2.45, 2.75) is 0 Å². The van der Waals surface area contributed by atoms with Crippen LogP contribution in [0.2, 0.25) is 0 Å². The van der Waals surface area contributed by atoms with E-state index >= 15 is 0 Å². The van der Waals surface area contributed by atoms with Gasteiger partial charge >= 0.3 is 5.63 Å². The number of thiazole rings is 1. The maximum Gasteiger partial charge on any atom is 0.345 e. The van der Waals surface area contributed by atoms with Crippen molar-refractivity contribution >= 4 is 33.6 Å². The molecule has 0 amide bonds. The highest BCUT2D eigenvalue weighted by molar-refractivity contribution is 7.11. The molecular weight excluding hydrogens is 386 g/mol. The SMILES string of the molecule is COc1ccccc1N/C=C(/C#N)c1nc(-c2cc3ccccc3oc2=O)cs1. The normalized spacial score (nSPS) is 11.2. The van der Waals surface area contributed by atoms with Crippen molar-refractivity contribution < 1.29 is 9.15 Å². The molecule has 0 aliphatic rings. The molecule has 2 heterocycles. The Balaban J connectivity index is 1.66. The molecule has 1 N–H and O–H groups in total. The summed E-state index contributed by atoms with van der Waals surface area (Å²) in [6.07, 6.45) is 1.57. The first-order valence-corrected chi connectivity index (χ1v) is 9.56. The molecule has 4 rings (SSSR count). The molecule has 0 aliphatic heterocycles. The summed E-state index contributed by atoms with van der Waals surface area (Å²) in [4.78, 5) is 16.8. The Morgan fingerprint density at radius 1 is 1.24 bits per heavy atom. The third-order valence-corrected chi connectivity index (χ3v) is 5.13. The number of nitrogens with one attached hydrogen (secondary N) is 1. The summed E-state index contributed by atoms with van der Waals surface area (Å²) < 4.78 is 10.7. The molecule has 2 aromatic carbocycles. The van der Waals surface area contributed by atoms with E-state index in [1.165, 1.54) is 11.3 Å². The van der Waals surface area contributed by atoms with Gasteiger partial charge in [-0.25, -0.2) is 9.78 Å². The quantitative estimate of drug-likeness (QED) is 0.378. The third-order valence-electron chi connectivity index (χ3n) is 4.25. The van der Waals surface area contributed by atoms with Gasteiger partial charge in [0.05, 0.1) is 24.1 Å². The Labute approximate surface area is 170 Å². The van der Waals surface area contributed by atoms with Crippen LogP contribution in [0.15, 0.2) is 75.4 Å². The number of nitrogens with zero attached hydrogens (tertiary/aromatic N) is 2. The standard InChI is InChI=1S/C22H15N3O3S/c1-27-20-9-5-3-7-17(20)24-12-15(11-23)21-25-18(13-29-21)16-10-14-6-2-4-8-19(14)28-22(16)26/h2-10,12-13,24H,1H3/b15-12-. The predicted molar refractivity (Wildman–Crippen MR) is 114 cm³/mol. The first-order chi connectivity index (χ1) is 14.2. The van der Waals surface area contributed by atoms with Gasteiger partial charge in [0.1, 0.15) is 28.0 Å². The van der Waals surface area contributed by atoms with Gasteiger partial charge in [0, 0.05) is 17.0 Å². The van der Waals surface area contributed by atoms with Crippen LogP contribution in [-0.4, -0.2) is 12.1 Å². The number of benzene rings is 2. The van der Waals surface area contributed by atoms with Gasteiger partial charge in [0.15, 0.2) is 0 Å². The number of para-hydroxylation sites is 3. The largest absolute Gasteiger partial charge is 0.495 e. The van der Waals surface area contributed by atoms with Crippen LogP contribution in [0.3, 0.4) is 0 Å². The molecule has 0 atom stereocenters. The molecule has 0 spiro atoms. The van der Waals surface area contributed by atoms with Gasteiger partial charge in [-0.1, -0.05) is 30.3 Å². The molecule has 142 valence electrons. The van der Waals surface area contributed by atoms with E-state index in [1.807, 2.05) is 42.5 Å². The molecule has 6 nitrogen and oxygen atoms in total. The molecule has 0 saturated heterocycles. The van der Waals surface area contributed by atoms with Crippen molar-refractivity contribution in [1.82, 2.24) is 4.98 Å². The highest BCUT2D eigenvalue weighted by Gasteiger charge is 2.14. The molecule has 7 heteroatoms. The van der Waals surface area contributed by atoms with E-state index in [-0.39, 0.29) is 0 Å². The van der Waals surface area contributed by atoms with E-state index in [1.54, 1.807) is 30.8 Å². The van der Waals surface area contributed by atoms with Crippen LogP contribution in [0.4, 0.5) is 5.69 Å². The smallest absolute Gasteiger partial charge is 0.345 e. The first-order valence-electron chi connectivity index (χ1n) is 8.68. The minimum atomic E-state index is -0.463. The second kappa shape index (κ2) is 8.00. The fourth-order valence-electron chi connectivity index (χ4n) is 2.82. The molecule has 0 saturated carbocycles. The van der Waals surface area contributed by atoms with Crippen LogP contribution >= 0.6 is 11.3 Å². The summed E-state index contributed by atoms with van der Waals surface area (Å²) >= 11 is 1.28. The summed E-state index contributed by atoms with van der Waals surface area (Å²) in [5, 5.41) is 15.7. The molecule has 0 radical (unpaired) electrons. The summed E-state index contributed by atoms with van der Waals surface area (Å²) in [5.74, 6) is 0.662. The zero-order valence-corrected chi connectivity index (χ0v) is 16.2. The predicted octanol–water partition coefficient (Wildman–Crippen LogP) is 4.90. The van der Waals surface area contributed by atoms with Crippen LogP contribution < -0.4 is 15.7 Å². The number of methoxy groups -OCH3 is 1. The molecule has 0 bridgehead atoms. The van der Waals surface area contributed by atoms with E-state index in [0.717, 1.165) is 11.1 Å². The van der Waals surface area contributed by atoms with Gasteiger partial charge in [0.25, 0.3) is 0 Å². The average Bonchev–Trinajstić information content (AvgIpc) is 3.23. The van der Waals surface area contributed by atoms with Gasteiger partial charge in [-0.3, -0.25) is 0 Å². The molecule has 0 aliphatic carbocycles. The maximum absolute atomic E-state index is 12.4. The lowest BCUT2D eigenvalue weighted by atomic mass is 10.1. The lowest BCUT2D eigenvalue weighted by Crippen LogP contribution is -2.02. The number of aromatic nitrogens is 1. The Morgan fingerprint density at radius 2 is 2.03 bits per heavy atom. The second-order valence-electron chi connectivity index (χ2n) is 6.04. The highest BCUT2D eigenvalue weighted by atomic mass is 32.1. The lowest BCUT2D eigenvalue weighted by Gasteiger charge is -2.07. The number of hydrogen-bond acceptors (Lipinski definition) is 7. The second-order valence-corrected chi connectivity index (χ2v) is 6.90. The van der Waals surface area contributed by atoms with E-state index in [9.17, 15) is 10.1 Å². The number of rotatable bonds is 5. The lowest BCUT2D eigenvalue weighted by molar-refractivity contribution is 0.417. The Morgan fingerprint density at radius 3 is 2.86 bits per heavy atom. The van der Waals surface area contributed by atoms with Crippen LogP contribution in [0.5, 0.6) is 5.75 Å². The first kappa shape index (κ1) is 18.5. The Hall–Kier alpha value is -3.89. The topological polar surface area (TPSA) is 88.2 Å². The number of allylic oxidation sites excluding steroid dienone is 1. The zero-order valence-electron chi connectivity index (χ0n) is 15.4. The van der Waals surface area contributed by atoms with Crippen LogP contribution in [0.25, 0.3) is 27.8 Å². The van der Waals surface area contributed by atoms with Crippen molar-refractivity contribution in [2.24, 2.45) is 0 Å². The minimum Gasteiger partial charge on any atom is -0.495 e. The number of nitriles is 1. The Bertz CT molecular complexity index is 1310. The minimum absolute atomic E-state index is 0.345. The molecule has 4 aromatic rings. The van der Waals surface area contributed by atoms with Gasteiger partial charge in [-0.15, -0.1) is 11.3 Å². The molecule has 2 aromatic heterocycles. The van der Waals surface area contributed by atoms with Gasteiger partial charge in [0.2, 0.25) is 0 Å². The Kier molecular flexibility index (Phi) is 5.10. The van der Waals surface area contributed by atoms with E-state index in [4.69, 9.17) is 9.15 Å². The van der Waals surface area contributed by atoms with Gasteiger partial charge in [-0.05, 0) is 24.3 Å². The van der Waals surface area contributed by atoms with E-state index < -0.39 is 5.63 Å². The van der Waals surface area contributed by atoms with Crippen molar-refractivity contribution in [1.29, 1.82) is 5.26 Å². The summed E-state index contributed by atoms with van der Waals surface area (Å²) in [5.41, 5.74) is 1.97. The molecule has 0 fully saturated rings. The number of anilines is 1. The summed E-state index contributed by atoms with van der Waals surface area (Å²) in [6.45, 7) is 0. The van der Waals surface area contributed by atoms with Gasteiger partial charge in [-0.2, -0.15) is 5.26 Å².